The number of rotatable bonds is 7. The molecule has 0 radical (unpaired) electrons. The molecule has 0 saturated carbocycles. The Balaban J connectivity index is 1.62. The lowest BCUT2D eigenvalue weighted by molar-refractivity contribution is -0.129. The molecule has 3 aromatic carbocycles. The third-order valence-corrected chi connectivity index (χ3v) is 5.74. The van der Waals surface area contributed by atoms with Crippen molar-refractivity contribution in [1.82, 2.24) is 0 Å². The first-order chi connectivity index (χ1) is 15.9. The minimum absolute atomic E-state index is 0.131. The molecule has 0 aromatic heterocycles. The molecular formula is C25H18BrCl2NO4. The van der Waals surface area contributed by atoms with Gasteiger partial charge < -0.3 is 14.2 Å². The Morgan fingerprint density at radius 3 is 2.61 bits per heavy atom. The highest BCUT2D eigenvalue weighted by atomic mass is 79.9. The van der Waals surface area contributed by atoms with Crippen LogP contribution >= 0.6 is 39.1 Å². The number of carbonyl (C=O) groups excluding carboxylic acids is 1. The first-order valence-corrected chi connectivity index (χ1v) is 11.6. The second kappa shape index (κ2) is 10.4. The molecule has 1 aliphatic rings. The molecule has 0 unspecified atom stereocenters. The fraction of sp³-hybridized carbons (Fsp3) is 0.120. The second-order valence-corrected chi connectivity index (χ2v) is 8.73. The quantitative estimate of drug-likeness (QED) is 0.235. The Bertz CT molecular complexity index is 1270. The molecule has 8 heteroatoms. The smallest absolute Gasteiger partial charge is 0.363 e. The van der Waals surface area contributed by atoms with Crippen LogP contribution in [-0.2, 0) is 16.1 Å². The van der Waals surface area contributed by atoms with Gasteiger partial charge in [-0.2, -0.15) is 0 Å². The topological polar surface area (TPSA) is 57.1 Å². The zero-order chi connectivity index (χ0) is 23.4. The van der Waals surface area contributed by atoms with Crippen LogP contribution in [0, 0.1) is 0 Å². The summed E-state index contributed by atoms with van der Waals surface area (Å²) >= 11 is 16.2. The molecule has 0 spiro atoms. The van der Waals surface area contributed by atoms with E-state index in [0.717, 1.165) is 10.0 Å². The zero-order valence-electron chi connectivity index (χ0n) is 17.5. The highest BCUT2D eigenvalue weighted by Gasteiger charge is 2.26. The van der Waals surface area contributed by atoms with Crippen LogP contribution in [0.4, 0.5) is 0 Å². The molecule has 3 aromatic rings. The van der Waals surface area contributed by atoms with Crippen LogP contribution in [0.25, 0.3) is 6.08 Å². The Hall–Kier alpha value is -2.80. The Labute approximate surface area is 209 Å². The van der Waals surface area contributed by atoms with Crippen LogP contribution < -0.4 is 9.47 Å². The van der Waals surface area contributed by atoms with E-state index < -0.39 is 5.97 Å². The van der Waals surface area contributed by atoms with Gasteiger partial charge in [-0.05, 0) is 60.5 Å². The van der Waals surface area contributed by atoms with Crippen LogP contribution in [0.5, 0.6) is 11.5 Å². The van der Waals surface area contributed by atoms with Crippen molar-refractivity contribution in [3.05, 3.63) is 97.6 Å². The number of cyclic esters (lactones) is 1. The molecule has 1 heterocycles. The molecule has 0 bridgehead atoms. The first-order valence-electron chi connectivity index (χ1n) is 10.1. The summed E-state index contributed by atoms with van der Waals surface area (Å²) in [6, 6.07) is 18.2. The number of aliphatic imine (C=N–C) groups is 1. The molecule has 0 saturated heterocycles. The number of ether oxygens (including phenoxy) is 3. The van der Waals surface area contributed by atoms with Gasteiger partial charge in [0, 0.05) is 4.47 Å². The van der Waals surface area contributed by atoms with E-state index in [2.05, 4.69) is 20.9 Å². The van der Waals surface area contributed by atoms with E-state index in [-0.39, 0.29) is 11.6 Å². The van der Waals surface area contributed by atoms with Crippen molar-refractivity contribution in [2.24, 2.45) is 4.99 Å². The number of hydrogen-bond donors (Lipinski definition) is 0. The lowest BCUT2D eigenvalue weighted by atomic mass is 10.1. The number of esters is 1. The van der Waals surface area contributed by atoms with Gasteiger partial charge in [0.05, 0.1) is 22.2 Å². The number of hydrogen-bond acceptors (Lipinski definition) is 5. The van der Waals surface area contributed by atoms with Gasteiger partial charge in [0.1, 0.15) is 6.61 Å². The van der Waals surface area contributed by atoms with E-state index in [9.17, 15) is 4.79 Å². The molecule has 0 atom stereocenters. The number of nitrogens with zero attached hydrogens (tertiary/aromatic N) is 1. The fourth-order valence-corrected chi connectivity index (χ4v) is 4.11. The fourth-order valence-electron chi connectivity index (χ4n) is 3.17. The third-order valence-electron chi connectivity index (χ3n) is 4.63. The minimum Gasteiger partial charge on any atom is -0.490 e. The maximum atomic E-state index is 12.4. The van der Waals surface area contributed by atoms with E-state index >= 15 is 0 Å². The number of halogens is 3. The van der Waals surface area contributed by atoms with E-state index in [0.29, 0.717) is 45.9 Å². The lowest BCUT2D eigenvalue weighted by Crippen LogP contribution is -2.05. The van der Waals surface area contributed by atoms with Gasteiger partial charge in [-0.15, -0.1) is 0 Å². The molecule has 168 valence electrons. The molecule has 4 rings (SSSR count). The van der Waals surface area contributed by atoms with Crippen LogP contribution in [-0.4, -0.2) is 18.5 Å². The van der Waals surface area contributed by atoms with E-state index in [1.165, 1.54) is 0 Å². The molecule has 1 aliphatic heterocycles. The summed E-state index contributed by atoms with van der Waals surface area (Å²) in [5, 5.41) is 0.795. The Kier molecular flexibility index (Phi) is 7.38. The monoisotopic (exact) mass is 545 g/mol. The summed E-state index contributed by atoms with van der Waals surface area (Å²) < 4.78 is 18.0. The molecule has 0 aliphatic carbocycles. The predicted molar refractivity (Wildman–Crippen MR) is 133 cm³/mol. The van der Waals surface area contributed by atoms with Gasteiger partial charge in [-0.25, -0.2) is 9.79 Å². The van der Waals surface area contributed by atoms with E-state index in [4.69, 9.17) is 37.4 Å². The van der Waals surface area contributed by atoms with Crippen LogP contribution in [0.1, 0.15) is 23.6 Å². The molecule has 5 nitrogen and oxygen atoms in total. The van der Waals surface area contributed by atoms with Crippen LogP contribution in [0.15, 0.2) is 75.8 Å². The van der Waals surface area contributed by atoms with Gasteiger partial charge in [0.2, 0.25) is 5.90 Å². The Morgan fingerprint density at radius 2 is 1.85 bits per heavy atom. The maximum Gasteiger partial charge on any atom is 0.363 e. The predicted octanol–water partition coefficient (Wildman–Crippen LogP) is 7.08. The zero-order valence-corrected chi connectivity index (χ0v) is 20.6. The van der Waals surface area contributed by atoms with Gasteiger partial charge in [-0.3, -0.25) is 0 Å². The van der Waals surface area contributed by atoms with Gasteiger partial charge in [0.25, 0.3) is 0 Å². The van der Waals surface area contributed by atoms with Gasteiger partial charge >= 0.3 is 5.97 Å². The highest BCUT2D eigenvalue weighted by Crippen LogP contribution is 2.38. The van der Waals surface area contributed by atoms with Gasteiger partial charge in [-0.1, -0.05) is 63.4 Å². The van der Waals surface area contributed by atoms with Crippen molar-refractivity contribution in [2.75, 3.05) is 6.61 Å². The van der Waals surface area contributed by atoms with Crippen molar-refractivity contribution >= 4 is 57.1 Å². The first kappa shape index (κ1) is 23.4. The summed E-state index contributed by atoms with van der Waals surface area (Å²) in [7, 11) is 0. The summed E-state index contributed by atoms with van der Waals surface area (Å²) in [6.07, 6.45) is 1.58. The van der Waals surface area contributed by atoms with Gasteiger partial charge in [0.15, 0.2) is 17.2 Å². The number of benzene rings is 3. The average molecular weight is 547 g/mol. The van der Waals surface area contributed by atoms with Crippen molar-refractivity contribution in [2.45, 2.75) is 13.5 Å². The van der Waals surface area contributed by atoms with Crippen molar-refractivity contribution in [3.63, 3.8) is 0 Å². The lowest BCUT2D eigenvalue weighted by Gasteiger charge is -2.14. The SMILES string of the molecule is CCOc1cc(/C=C2\N=C(c3ccccc3Cl)OC2=O)cc(Cl)c1OCc1cccc(Br)c1. The standard InChI is InChI=1S/C25H18BrCl2NO4/c1-2-31-22-13-16(11-20(28)23(22)32-14-15-6-5-7-17(26)10-15)12-21-25(30)33-24(29-21)18-8-3-4-9-19(18)27/h3-13H,2,14H2,1H3/b21-12-. The van der Waals surface area contributed by atoms with Crippen molar-refractivity contribution in [3.8, 4) is 11.5 Å². The van der Waals surface area contributed by atoms with E-state index in [1.807, 2.05) is 31.2 Å². The van der Waals surface area contributed by atoms with Crippen LogP contribution in [0.3, 0.4) is 0 Å². The molecule has 0 N–H and O–H groups in total. The van der Waals surface area contributed by atoms with Crippen molar-refractivity contribution in [1.29, 1.82) is 0 Å². The second-order valence-electron chi connectivity index (χ2n) is 7.00. The minimum atomic E-state index is -0.575. The summed E-state index contributed by atoms with van der Waals surface area (Å²) in [5.74, 6) is 0.472. The summed E-state index contributed by atoms with van der Waals surface area (Å²) in [4.78, 5) is 16.7. The molecule has 0 fully saturated rings. The summed E-state index contributed by atoms with van der Waals surface area (Å²) in [6.45, 7) is 2.60. The Morgan fingerprint density at radius 1 is 1.03 bits per heavy atom. The molecular weight excluding hydrogens is 529 g/mol. The molecule has 33 heavy (non-hydrogen) atoms. The summed E-state index contributed by atoms with van der Waals surface area (Å²) in [5.41, 5.74) is 2.27. The third kappa shape index (κ3) is 5.58. The van der Waals surface area contributed by atoms with E-state index in [1.54, 1.807) is 42.5 Å². The van der Waals surface area contributed by atoms with Crippen LogP contribution in [0.2, 0.25) is 10.0 Å². The average Bonchev–Trinajstić information content (AvgIpc) is 3.13. The normalized spacial score (nSPS) is 14.2. The maximum absolute atomic E-state index is 12.4. The largest absolute Gasteiger partial charge is 0.490 e. The van der Waals surface area contributed by atoms with Crippen molar-refractivity contribution < 1.29 is 19.0 Å². The molecule has 0 amide bonds. The number of carbonyl (C=O) groups is 1. The highest BCUT2D eigenvalue weighted by molar-refractivity contribution is 9.10.